The Morgan fingerprint density at radius 3 is 2.88 bits per heavy atom. The van der Waals surface area contributed by atoms with Gasteiger partial charge >= 0.3 is 0 Å². The first-order valence-electron chi connectivity index (χ1n) is 8.24. The minimum atomic E-state index is 0.413. The number of ether oxygens (including phenoxy) is 2. The zero-order valence-electron chi connectivity index (χ0n) is 14.4. The van der Waals surface area contributed by atoms with Crippen molar-refractivity contribution >= 4 is 22.6 Å². The SMILES string of the molecule is CCOc1ccc(-c2cnc(Nc3ccc4[nH]ncc4c3)o2)cc1OC. The molecular weight excluding hydrogens is 332 g/mol. The molecule has 4 aromatic rings. The van der Waals surface area contributed by atoms with Crippen molar-refractivity contribution in [1.29, 1.82) is 0 Å². The number of fused-ring (bicyclic) bond motifs is 1. The van der Waals surface area contributed by atoms with Gasteiger partial charge in [-0.25, -0.2) is 4.98 Å². The maximum Gasteiger partial charge on any atom is 0.299 e. The molecule has 7 heteroatoms. The number of H-pyrrole nitrogens is 1. The largest absolute Gasteiger partial charge is 0.493 e. The van der Waals surface area contributed by atoms with Crippen molar-refractivity contribution in [2.75, 3.05) is 19.0 Å². The fourth-order valence-electron chi connectivity index (χ4n) is 2.70. The molecule has 2 aromatic heterocycles. The molecule has 0 radical (unpaired) electrons. The highest BCUT2D eigenvalue weighted by molar-refractivity contribution is 5.82. The van der Waals surface area contributed by atoms with Crippen LogP contribution in [0.2, 0.25) is 0 Å². The van der Waals surface area contributed by atoms with E-state index in [1.165, 1.54) is 0 Å². The molecule has 0 aliphatic heterocycles. The van der Waals surface area contributed by atoms with Gasteiger partial charge in [-0.05, 0) is 43.3 Å². The molecule has 26 heavy (non-hydrogen) atoms. The average molecular weight is 350 g/mol. The third-order valence-corrected chi connectivity index (χ3v) is 3.95. The van der Waals surface area contributed by atoms with Crippen LogP contribution < -0.4 is 14.8 Å². The van der Waals surface area contributed by atoms with Crippen molar-refractivity contribution in [3.63, 3.8) is 0 Å². The van der Waals surface area contributed by atoms with Gasteiger partial charge in [-0.3, -0.25) is 5.10 Å². The van der Waals surface area contributed by atoms with Gasteiger partial charge in [0.1, 0.15) is 0 Å². The third kappa shape index (κ3) is 3.06. The summed E-state index contributed by atoms with van der Waals surface area (Å²) < 4.78 is 16.7. The lowest BCUT2D eigenvalue weighted by atomic mass is 10.1. The Bertz CT molecular complexity index is 1040. The maximum absolute atomic E-state index is 5.82. The second-order valence-electron chi connectivity index (χ2n) is 5.63. The highest BCUT2D eigenvalue weighted by atomic mass is 16.5. The van der Waals surface area contributed by atoms with Gasteiger partial charge in [0, 0.05) is 16.6 Å². The van der Waals surface area contributed by atoms with E-state index < -0.39 is 0 Å². The molecule has 4 rings (SSSR count). The van der Waals surface area contributed by atoms with E-state index in [4.69, 9.17) is 13.9 Å². The smallest absolute Gasteiger partial charge is 0.299 e. The first-order chi connectivity index (χ1) is 12.8. The van der Waals surface area contributed by atoms with Crippen LogP contribution in [0.5, 0.6) is 11.5 Å². The Morgan fingerprint density at radius 1 is 1.12 bits per heavy atom. The topological polar surface area (TPSA) is 85.2 Å². The summed E-state index contributed by atoms with van der Waals surface area (Å²) in [6.07, 6.45) is 3.45. The standard InChI is InChI=1S/C19H18N4O3/c1-3-25-16-7-4-12(9-17(16)24-2)18-11-20-19(26-18)22-14-5-6-15-13(8-14)10-21-23-15/h4-11H,3H2,1-2H3,(H,20,22)(H,21,23). The molecular formula is C19H18N4O3. The number of nitrogens with one attached hydrogen (secondary N) is 2. The number of anilines is 2. The number of hydrogen-bond acceptors (Lipinski definition) is 6. The van der Waals surface area contributed by atoms with E-state index in [-0.39, 0.29) is 0 Å². The minimum absolute atomic E-state index is 0.413. The number of aromatic nitrogens is 3. The number of nitrogens with zero attached hydrogens (tertiary/aromatic N) is 2. The third-order valence-electron chi connectivity index (χ3n) is 3.95. The molecule has 0 fully saturated rings. The second-order valence-corrected chi connectivity index (χ2v) is 5.63. The first kappa shape index (κ1) is 16.0. The van der Waals surface area contributed by atoms with E-state index in [9.17, 15) is 0 Å². The number of methoxy groups -OCH3 is 1. The molecule has 2 aromatic carbocycles. The van der Waals surface area contributed by atoms with Gasteiger partial charge in [-0.15, -0.1) is 0 Å². The van der Waals surface area contributed by atoms with Crippen molar-refractivity contribution in [2.24, 2.45) is 0 Å². The van der Waals surface area contributed by atoms with Gasteiger partial charge in [-0.2, -0.15) is 5.10 Å². The molecule has 0 saturated carbocycles. The van der Waals surface area contributed by atoms with Crippen LogP contribution in [0.25, 0.3) is 22.2 Å². The lowest BCUT2D eigenvalue weighted by Gasteiger charge is -2.09. The molecule has 0 aliphatic rings. The Morgan fingerprint density at radius 2 is 2.04 bits per heavy atom. The predicted octanol–water partition coefficient (Wildman–Crippen LogP) is 4.37. The zero-order valence-corrected chi connectivity index (χ0v) is 14.4. The minimum Gasteiger partial charge on any atom is -0.493 e. The maximum atomic E-state index is 5.82. The van der Waals surface area contributed by atoms with Crippen LogP contribution in [0.1, 0.15) is 6.92 Å². The normalized spacial score (nSPS) is 10.8. The molecule has 2 N–H and O–H groups in total. The molecule has 0 unspecified atom stereocenters. The zero-order chi connectivity index (χ0) is 17.9. The Kier molecular flexibility index (Phi) is 4.18. The predicted molar refractivity (Wildman–Crippen MR) is 99.0 cm³/mol. The molecule has 0 spiro atoms. The van der Waals surface area contributed by atoms with E-state index in [1.807, 2.05) is 43.3 Å². The molecule has 132 valence electrons. The number of oxazole rings is 1. The number of hydrogen-bond donors (Lipinski definition) is 2. The van der Waals surface area contributed by atoms with Gasteiger partial charge in [0.15, 0.2) is 17.3 Å². The van der Waals surface area contributed by atoms with Gasteiger partial charge in [0.2, 0.25) is 0 Å². The van der Waals surface area contributed by atoms with Crippen LogP contribution in [-0.2, 0) is 0 Å². The van der Waals surface area contributed by atoms with Crippen LogP contribution >= 0.6 is 0 Å². The lowest BCUT2D eigenvalue weighted by molar-refractivity contribution is 0.311. The summed E-state index contributed by atoms with van der Waals surface area (Å²) in [7, 11) is 1.61. The fraction of sp³-hybridized carbons (Fsp3) is 0.158. The van der Waals surface area contributed by atoms with Gasteiger partial charge in [0.25, 0.3) is 6.01 Å². The van der Waals surface area contributed by atoms with Crippen molar-refractivity contribution in [2.45, 2.75) is 6.92 Å². The molecule has 0 amide bonds. The quantitative estimate of drug-likeness (QED) is 0.537. The molecule has 0 atom stereocenters. The summed E-state index contributed by atoms with van der Waals surface area (Å²) in [5.41, 5.74) is 2.71. The van der Waals surface area contributed by atoms with E-state index in [2.05, 4.69) is 20.5 Å². The summed E-state index contributed by atoms with van der Waals surface area (Å²) >= 11 is 0. The van der Waals surface area contributed by atoms with Crippen LogP contribution in [0.3, 0.4) is 0 Å². The molecule has 0 saturated heterocycles. The summed E-state index contributed by atoms with van der Waals surface area (Å²) in [4.78, 5) is 4.30. The van der Waals surface area contributed by atoms with E-state index in [0.717, 1.165) is 22.2 Å². The molecule has 7 nitrogen and oxygen atoms in total. The van der Waals surface area contributed by atoms with Gasteiger partial charge in [-0.1, -0.05) is 0 Å². The number of aromatic amines is 1. The first-order valence-corrected chi connectivity index (χ1v) is 8.24. The van der Waals surface area contributed by atoms with Crippen molar-refractivity contribution < 1.29 is 13.9 Å². The van der Waals surface area contributed by atoms with Crippen molar-refractivity contribution in [3.8, 4) is 22.8 Å². The molecule has 0 aliphatic carbocycles. The Labute approximate surface area is 150 Å². The Hall–Kier alpha value is -3.48. The number of benzene rings is 2. The fourth-order valence-corrected chi connectivity index (χ4v) is 2.70. The summed E-state index contributed by atoms with van der Waals surface area (Å²) in [5.74, 6) is 1.99. The van der Waals surface area contributed by atoms with E-state index in [0.29, 0.717) is 29.9 Å². The Balaban J connectivity index is 1.57. The van der Waals surface area contributed by atoms with Crippen LogP contribution in [0, 0.1) is 0 Å². The van der Waals surface area contributed by atoms with Gasteiger partial charge in [0.05, 0.1) is 31.6 Å². The number of rotatable bonds is 6. The summed E-state index contributed by atoms with van der Waals surface area (Å²) in [6.45, 7) is 2.51. The summed E-state index contributed by atoms with van der Waals surface area (Å²) in [6, 6.07) is 11.9. The summed E-state index contributed by atoms with van der Waals surface area (Å²) in [5, 5.41) is 11.1. The van der Waals surface area contributed by atoms with E-state index >= 15 is 0 Å². The highest BCUT2D eigenvalue weighted by Gasteiger charge is 2.11. The van der Waals surface area contributed by atoms with Crippen LogP contribution in [-0.4, -0.2) is 28.9 Å². The molecule has 0 bridgehead atoms. The lowest BCUT2D eigenvalue weighted by Crippen LogP contribution is -1.95. The van der Waals surface area contributed by atoms with Gasteiger partial charge < -0.3 is 19.2 Å². The average Bonchev–Trinajstić information content (AvgIpc) is 3.31. The molecule has 2 heterocycles. The van der Waals surface area contributed by atoms with Crippen molar-refractivity contribution in [3.05, 3.63) is 48.8 Å². The highest BCUT2D eigenvalue weighted by Crippen LogP contribution is 2.33. The second kappa shape index (κ2) is 6.79. The van der Waals surface area contributed by atoms with Crippen molar-refractivity contribution in [1.82, 2.24) is 15.2 Å². The van der Waals surface area contributed by atoms with Crippen LogP contribution in [0.15, 0.2) is 53.2 Å². The van der Waals surface area contributed by atoms with Crippen LogP contribution in [0.4, 0.5) is 11.7 Å². The monoisotopic (exact) mass is 350 g/mol. The van der Waals surface area contributed by atoms with E-state index in [1.54, 1.807) is 19.5 Å².